The van der Waals surface area contributed by atoms with Gasteiger partial charge in [-0.05, 0) is 201 Å². The topological polar surface area (TPSA) is 18.5 Å². The first kappa shape index (κ1) is 52.4. The van der Waals surface area contributed by atoms with Gasteiger partial charge in [-0.3, -0.25) is 0 Å². The molecule has 2 heteroatoms. The van der Waals surface area contributed by atoms with E-state index in [4.69, 9.17) is 9.47 Å². The molecule has 2 aliphatic rings. The van der Waals surface area contributed by atoms with E-state index >= 15 is 0 Å². The van der Waals surface area contributed by atoms with Gasteiger partial charge in [-0.15, -0.1) is 0 Å². The zero-order valence-corrected chi connectivity index (χ0v) is 51.0. The average molecular weight is 1190 g/mol. The number of hydrogen-bond acceptors (Lipinski definition) is 2. The molecule has 0 aliphatic carbocycles. The van der Waals surface area contributed by atoms with Crippen molar-refractivity contribution in [2.75, 3.05) is 0 Å². The van der Waals surface area contributed by atoms with Gasteiger partial charge in [0, 0.05) is 21.9 Å². The summed E-state index contributed by atoms with van der Waals surface area (Å²) < 4.78 is 13.2. The minimum absolute atomic E-state index is 0.895. The number of hydrogen-bond donors (Lipinski definition) is 0. The fourth-order valence-corrected chi connectivity index (χ4v) is 16.2. The van der Waals surface area contributed by atoms with Crippen molar-refractivity contribution in [3.63, 3.8) is 0 Å². The molecule has 0 saturated carbocycles. The van der Waals surface area contributed by atoms with Crippen molar-refractivity contribution in [3.8, 4) is 123 Å². The number of ether oxygens (including phenoxy) is 2. The third-order valence-corrected chi connectivity index (χ3v) is 20.3. The SMILES string of the molecule is c1cc(-c2ccc(-c3ccc4cccc(-c5ccc(-c6c7ccccc7c(-c7ccc8c9c(cccc79)Oc7ccccc7-8)c7ccccc67)cc5)c4c3)c3ccccc23)cc(-c2c3ccccc3c(-c3ccc4c5c(cccc35)Oc3ccccc3-4)c3ccccc23)c1. The third-order valence-electron chi connectivity index (χ3n) is 20.3. The summed E-state index contributed by atoms with van der Waals surface area (Å²) in [7, 11) is 0. The smallest absolute Gasteiger partial charge is 0.135 e. The van der Waals surface area contributed by atoms with E-state index < -0.39 is 0 Å². The maximum absolute atomic E-state index is 6.59. The van der Waals surface area contributed by atoms with Gasteiger partial charge in [-0.25, -0.2) is 0 Å². The lowest BCUT2D eigenvalue weighted by Gasteiger charge is -2.24. The van der Waals surface area contributed by atoms with Crippen molar-refractivity contribution in [3.05, 3.63) is 328 Å². The van der Waals surface area contributed by atoms with Crippen LogP contribution in [0.5, 0.6) is 23.0 Å². The Labute approximate surface area is 543 Å². The van der Waals surface area contributed by atoms with Gasteiger partial charge in [-0.2, -0.15) is 0 Å². The first-order chi connectivity index (χ1) is 46.6. The summed E-state index contributed by atoms with van der Waals surface area (Å²) in [6.07, 6.45) is 0. The van der Waals surface area contributed by atoms with E-state index in [0.717, 1.165) is 44.9 Å². The lowest BCUT2D eigenvalue weighted by molar-refractivity contribution is 0.487. The van der Waals surface area contributed by atoms with Gasteiger partial charge in [0.1, 0.15) is 23.0 Å². The molecule has 18 aromatic carbocycles. The molecule has 434 valence electrons. The van der Waals surface area contributed by atoms with E-state index in [-0.39, 0.29) is 0 Å². The largest absolute Gasteiger partial charge is 0.456 e. The Kier molecular flexibility index (Phi) is 11.5. The summed E-state index contributed by atoms with van der Waals surface area (Å²) in [5, 5.41) is 19.3. The minimum Gasteiger partial charge on any atom is -0.456 e. The Morgan fingerprint density at radius 3 is 0.989 bits per heavy atom. The van der Waals surface area contributed by atoms with Gasteiger partial charge in [0.05, 0.1) is 0 Å². The molecule has 2 aliphatic heterocycles. The molecule has 0 aromatic heterocycles. The molecule has 0 amide bonds. The van der Waals surface area contributed by atoms with Crippen LogP contribution >= 0.6 is 0 Å². The second kappa shape index (κ2) is 20.6. The average Bonchev–Trinajstić information content (AvgIpc) is 0.735. The highest BCUT2D eigenvalue weighted by atomic mass is 16.5. The summed E-state index contributed by atoms with van der Waals surface area (Å²) in [6.45, 7) is 0. The highest BCUT2D eigenvalue weighted by Gasteiger charge is 2.27. The van der Waals surface area contributed by atoms with Gasteiger partial charge in [-0.1, -0.05) is 291 Å². The van der Waals surface area contributed by atoms with Crippen LogP contribution in [0.1, 0.15) is 0 Å². The molecule has 18 aromatic rings. The summed E-state index contributed by atoms with van der Waals surface area (Å²) in [5.74, 6) is 3.58. The van der Waals surface area contributed by atoms with E-state index in [1.165, 1.54) is 164 Å². The lowest BCUT2D eigenvalue weighted by atomic mass is 9.83. The summed E-state index contributed by atoms with van der Waals surface area (Å²) in [5.41, 5.74) is 21.5. The Hall–Kier alpha value is -12.4. The van der Waals surface area contributed by atoms with Crippen molar-refractivity contribution < 1.29 is 9.47 Å². The molecule has 2 nitrogen and oxygen atoms in total. The van der Waals surface area contributed by atoms with E-state index in [9.17, 15) is 0 Å². The van der Waals surface area contributed by atoms with Gasteiger partial charge < -0.3 is 9.47 Å². The number of benzene rings is 18. The summed E-state index contributed by atoms with van der Waals surface area (Å²) in [6, 6.07) is 121. The Bertz CT molecular complexity index is 6170. The first-order valence-corrected chi connectivity index (χ1v) is 32.5. The molecule has 0 saturated heterocycles. The van der Waals surface area contributed by atoms with Crippen LogP contribution < -0.4 is 9.47 Å². The molecule has 0 radical (unpaired) electrons. The molecule has 0 N–H and O–H groups in total. The van der Waals surface area contributed by atoms with Gasteiger partial charge in [0.2, 0.25) is 0 Å². The van der Waals surface area contributed by atoms with E-state index in [1.807, 2.05) is 12.1 Å². The van der Waals surface area contributed by atoms with Crippen LogP contribution in [0, 0.1) is 0 Å². The molecular formula is C92H54O2. The highest BCUT2D eigenvalue weighted by molar-refractivity contribution is 6.27. The van der Waals surface area contributed by atoms with Gasteiger partial charge in [0.25, 0.3) is 0 Å². The second-order valence-corrected chi connectivity index (χ2v) is 25.2. The second-order valence-electron chi connectivity index (χ2n) is 25.2. The zero-order chi connectivity index (χ0) is 61.5. The van der Waals surface area contributed by atoms with Crippen LogP contribution in [-0.4, -0.2) is 0 Å². The van der Waals surface area contributed by atoms with Crippen molar-refractivity contribution in [1.29, 1.82) is 0 Å². The molecule has 0 unspecified atom stereocenters. The van der Waals surface area contributed by atoms with Crippen molar-refractivity contribution in [1.82, 2.24) is 0 Å². The molecule has 0 fully saturated rings. The summed E-state index contributed by atoms with van der Waals surface area (Å²) >= 11 is 0. The fourth-order valence-electron chi connectivity index (χ4n) is 16.2. The standard InChI is InChI=1S/C92H54O2/c1-2-23-65-63(48-47-62(64(65)22-1)58-20-15-21-60(53-58)88-70-28-5-9-32-74(70)90(75-33-10-6-29-71(75)88)81-52-50-79-67-25-12-14-38-84(67)94-86-40-18-36-77(81)92(79)86)59-46-43-55-19-16-34-61(82(55)54-59)56-41-44-57(45-42-56)87-68-26-3-7-30-72(68)89(73-31-8-4-27-69(73)87)80-51-49-78-66-24-11-13-37-83(66)93-85-39-17-35-76(80)91(78)85/h1-54H. The monoisotopic (exact) mass is 1190 g/mol. The molecular weight excluding hydrogens is 1140 g/mol. The van der Waals surface area contributed by atoms with Crippen LogP contribution in [0.3, 0.4) is 0 Å². The number of para-hydroxylation sites is 2. The first-order valence-electron chi connectivity index (χ1n) is 32.5. The third kappa shape index (κ3) is 7.84. The highest BCUT2D eigenvalue weighted by Crippen LogP contribution is 2.54. The van der Waals surface area contributed by atoms with Crippen molar-refractivity contribution in [2.45, 2.75) is 0 Å². The molecule has 2 heterocycles. The molecule has 94 heavy (non-hydrogen) atoms. The van der Waals surface area contributed by atoms with Crippen molar-refractivity contribution in [2.24, 2.45) is 0 Å². The fraction of sp³-hybridized carbons (Fsp3) is 0. The maximum atomic E-state index is 6.59. The Morgan fingerprint density at radius 2 is 0.479 bits per heavy atom. The lowest BCUT2D eigenvalue weighted by Crippen LogP contribution is -1.98. The van der Waals surface area contributed by atoms with Crippen LogP contribution in [0.2, 0.25) is 0 Å². The van der Waals surface area contributed by atoms with E-state index in [1.54, 1.807) is 0 Å². The number of fused-ring (bicyclic) bond motifs is 10. The number of rotatable bonds is 7. The quantitative estimate of drug-likeness (QED) is 0.148. The van der Waals surface area contributed by atoms with Crippen LogP contribution in [-0.2, 0) is 0 Å². The Morgan fingerprint density at radius 1 is 0.149 bits per heavy atom. The predicted octanol–water partition coefficient (Wildman–Crippen LogP) is 26.1. The molecule has 0 spiro atoms. The molecule has 0 atom stereocenters. The zero-order valence-electron chi connectivity index (χ0n) is 51.0. The predicted molar refractivity (Wildman–Crippen MR) is 396 cm³/mol. The van der Waals surface area contributed by atoms with E-state index in [2.05, 4.69) is 315 Å². The maximum Gasteiger partial charge on any atom is 0.135 e. The molecule has 20 rings (SSSR count). The van der Waals surface area contributed by atoms with Gasteiger partial charge in [0.15, 0.2) is 0 Å². The van der Waals surface area contributed by atoms with Crippen molar-refractivity contribution >= 4 is 86.2 Å². The minimum atomic E-state index is 0.895. The Balaban J connectivity index is 0.667. The van der Waals surface area contributed by atoms with Crippen LogP contribution in [0.25, 0.3) is 186 Å². The molecule has 0 bridgehead atoms. The summed E-state index contributed by atoms with van der Waals surface area (Å²) in [4.78, 5) is 0. The van der Waals surface area contributed by atoms with E-state index in [0.29, 0.717) is 0 Å². The van der Waals surface area contributed by atoms with Crippen LogP contribution in [0.15, 0.2) is 328 Å². The van der Waals surface area contributed by atoms with Crippen LogP contribution in [0.4, 0.5) is 0 Å². The normalized spacial score (nSPS) is 12.2. The van der Waals surface area contributed by atoms with Gasteiger partial charge >= 0.3 is 0 Å².